The molecule has 7 heteroatoms. The summed E-state index contributed by atoms with van der Waals surface area (Å²) in [6.07, 6.45) is -1.09. The third-order valence-corrected chi connectivity index (χ3v) is 4.94. The molecule has 31 heavy (non-hydrogen) atoms. The molecule has 0 bridgehead atoms. The van der Waals surface area contributed by atoms with Gasteiger partial charge in [-0.25, -0.2) is 4.39 Å². The van der Waals surface area contributed by atoms with Crippen molar-refractivity contribution in [2.45, 2.75) is 19.6 Å². The zero-order valence-electron chi connectivity index (χ0n) is 16.7. The van der Waals surface area contributed by atoms with Crippen molar-refractivity contribution in [2.24, 2.45) is 0 Å². The first-order valence-electron chi connectivity index (χ1n) is 9.70. The van der Waals surface area contributed by atoms with E-state index in [9.17, 15) is 18.8 Å². The van der Waals surface area contributed by atoms with E-state index in [0.717, 1.165) is 0 Å². The minimum atomic E-state index is -1.09. The Morgan fingerprint density at radius 1 is 0.968 bits per heavy atom. The van der Waals surface area contributed by atoms with E-state index in [0.29, 0.717) is 21.8 Å². The highest BCUT2D eigenvalue weighted by molar-refractivity contribution is 5.96. The maximum Gasteiger partial charge on any atom is 0.326 e. The Balaban J connectivity index is 1.57. The number of carbonyl (C=O) groups excluding carboxylic acids is 2. The first-order valence-corrected chi connectivity index (χ1v) is 9.70. The molecular formula is C24H19FN2O4. The maximum atomic E-state index is 13.3. The number of rotatable bonds is 5. The average molecular weight is 418 g/mol. The van der Waals surface area contributed by atoms with Gasteiger partial charge in [0.05, 0.1) is 11.0 Å². The van der Waals surface area contributed by atoms with Crippen LogP contribution in [0.2, 0.25) is 0 Å². The van der Waals surface area contributed by atoms with Gasteiger partial charge in [0.2, 0.25) is 0 Å². The fourth-order valence-corrected chi connectivity index (χ4v) is 3.47. The Bertz CT molecular complexity index is 1300. The van der Waals surface area contributed by atoms with Crippen molar-refractivity contribution >= 4 is 39.4 Å². The number of nitrogens with one attached hydrogen (secondary N) is 1. The van der Waals surface area contributed by atoms with Gasteiger partial charge in [-0.3, -0.25) is 14.4 Å². The fraction of sp³-hybridized carbons (Fsp3) is 0.125. The van der Waals surface area contributed by atoms with Crippen LogP contribution in [0, 0.1) is 5.82 Å². The molecule has 0 aliphatic carbocycles. The lowest BCUT2D eigenvalue weighted by Crippen LogP contribution is -2.31. The topological polar surface area (TPSA) is 77.4 Å². The highest BCUT2D eigenvalue weighted by Gasteiger charge is 2.20. The van der Waals surface area contributed by atoms with Crippen molar-refractivity contribution < 1.29 is 18.7 Å². The Labute approximate surface area is 176 Å². The van der Waals surface area contributed by atoms with Crippen molar-refractivity contribution in [1.29, 1.82) is 0 Å². The van der Waals surface area contributed by atoms with Crippen LogP contribution < -0.4 is 10.7 Å². The van der Waals surface area contributed by atoms with Gasteiger partial charge in [-0.15, -0.1) is 0 Å². The number of hydrogen-bond acceptors (Lipinski definition) is 4. The van der Waals surface area contributed by atoms with Crippen molar-refractivity contribution in [3.8, 4) is 0 Å². The standard InChI is InChI=1S/C24H19FN2O4/c1-15(24(30)26-17-8-6-7-16(25)13-17)31-22(28)14-27-20-11-4-2-9-18(20)23(29)19-10-3-5-12-21(19)27/h2-13,15H,14H2,1H3,(H,26,30). The molecule has 0 aliphatic heterocycles. The summed E-state index contributed by atoms with van der Waals surface area (Å²) in [5.41, 5.74) is 1.35. The zero-order valence-corrected chi connectivity index (χ0v) is 16.7. The molecule has 1 aromatic heterocycles. The Hall–Kier alpha value is -4.00. The van der Waals surface area contributed by atoms with Crippen LogP contribution in [-0.4, -0.2) is 22.5 Å². The summed E-state index contributed by atoms with van der Waals surface area (Å²) >= 11 is 0. The Morgan fingerprint density at radius 2 is 1.58 bits per heavy atom. The monoisotopic (exact) mass is 418 g/mol. The molecule has 156 valence electrons. The summed E-state index contributed by atoms with van der Waals surface area (Å²) in [6, 6.07) is 19.5. The summed E-state index contributed by atoms with van der Waals surface area (Å²) in [7, 11) is 0. The third-order valence-electron chi connectivity index (χ3n) is 4.94. The number of benzene rings is 3. The number of ether oxygens (including phenoxy) is 1. The normalized spacial score (nSPS) is 11.9. The second-order valence-electron chi connectivity index (χ2n) is 7.08. The molecule has 6 nitrogen and oxygen atoms in total. The number of amides is 1. The molecule has 4 rings (SSSR count). The van der Waals surface area contributed by atoms with Crippen molar-refractivity contribution in [1.82, 2.24) is 4.57 Å². The van der Waals surface area contributed by atoms with Gasteiger partial charge < -0.3 is 14.6 Å². The van der Waals surface area contributed by atoms with E-state index in [-0.39, 0.29) is 17.7 Å². The quantitative estimate of drug-likeness (QED) is 0.394. The number of pyridine rings is 1. The van der Waals surface area contributed by atoms with E-state index in [1.54, 1.807) is 53.1 Å². The molecule has 0 saturated heterocycles. The number of hydrogen-bond donors (Lipinski definition) is 1. The van der Waals surface area contributed by atoms with E-state index in [1.165, 1.54) is 31.2 Å². The molecule has 3 aromatic carbocycles. The minimum absolute atomic E-state index is 0.112. The maximum absolute atomic E-state index is 13.3. The Kier molecular flexibility index (Phi) is 5.49. The number of halogens is 1. The molecule has 1 amide bonds. The van der Waals surface area contributed by atoms with Gasteiger partial charge in [-0.2, -0.15) is 0 Å². The van der Waals surface area contributed by atoms with Crippen molar-refractivity contribution in [3.05, 3.63) is 88.8 Å². The molecule has 0 saturated carbocycles. The number of fused-ring (bicyclic) bond motifs is 2. The van der Waals surface area contributed by atoms with Crippen LogP contribution >= 0.6 is 0 Å². The first kappa shape index (κ1) is 20.3. The summed E-state index contributed by atoms with van der Waals surface area (Å²) in [4.78, 5) is 37.7. The van der Waals surface area contributed by atoms with Crippen LogP contribution in [0.5, 0.6) is 0 Å². The molecule has 1 unspecified atom stereocenters. The number of nitrogens with zero attached hydrogens (tertiary/aromatic N) is 1. The molecule has 4 aromatic rings. The molecule has 0 aliphatic rings. The highest BCUT2D eigenvalue weighted by Crippen LogP contribution is 2.19. The van der Waals surface area contributed by atoms with Gasteiger partial charge in [0.1, 0.15) is 12.4 Å². The van der Waals surface area contributed by atoms with Crippen LogP contribution in [0.25, 0.3) is 21.8 Å². The number of aromatic nitrogens is 1. The summed E-state index contributed by atoms with van der Waals surface area (Å²) in [6.45, 7) is 1.26. The summed E-state index contributed by atoms with van der Waals surface area (Å²) in [5.74, 6) is -1.70. The minimum Gasteiger partial charge on any atom is -0.451 e. The van der Waals surface area contributed by atoms with Crippen LogP contribution in [0.1, 0.15) is 6.92 Å². The van der Waals surface area contributed by atoms with Gasteiger partial charge in [-0.05, 0) is 49.4 Å². The van der Waals surface area contributed by atoms with E-state index in [2.05, 4.69) is 5.32 Å². The second kappa shape index (κ2) is 8.39. The summed E-state index contributed by atoms with van der Waals surface area (Å²) < 4.78 is 20.3. The van der Waals surface area contributed by atoms with Crippen molar-refractivity contribution in [2.75, 3.05) is 5.32 Å². The number of anilines is 1. The fourth-order valence-electron chi connectivity index (χ4n) is 3.47. The molecule has 0 fully saturated rings. The van der Waals surface area contributed by atoms with E-state index in [1.807, 2.05) is 0 Å². The molecule has 1 N–H and O–H groups in total. The molecule has 1 atom stereocenters. The van der Waals surface area contributed by atoms with Crippen LogP contribution in [-0.2, 0) is 20.9 Å². The average Bonchev–Trinajstić information content (AvgIpc) is 2.76. The third kappa shape index (κ3) is 4.16. The van der Waals surface area contributed by atoms with Gasteiger partial charge >= 0.3 is 5.97 Å². The van der Waals surface area contributed by atoms with Gasteiger partial charge in [0.15, 0.2) is 11.5 Å². The number of esters is 1. The SMILES string of the molecule is CC(OC(=O)Cn1c2ccccc2c(=O)c2ccccc21)C(=O)Nc1cccc(F)c1. The van der Waals surface area contributed by atoms with Gasteiger partial charge in [0, 0.05) is 16.5 Å². The zero-order chi connectivity index (χ0) is 22.0. The molecule has 0 radical (unpaired) electrons. The predicted molar refractivity (Wildman–Crippen MR) is 116 cm³/mol. The van der Waals surface area contributed by atoms with Crippen molar-refractivity contribution in [3.63, 3.8) is 0 Å². The van der Waals surface area contributed by atoms with Crippen LogP contribution in [0.15, 0.2) is 77.6 Å². The smallest absolute Gasteiger partial charge is 0.326 e. The highest BCUT2D eigenvalue weighted by atomic mass is 19.1. The number of carbonyl (C=O) groups is 2. The van der Waals surface area contributed by atoms with Crippen LogP contribution in [0.3, 0.4) is 0 Å². The van der Waals surface area contributed by atoms with E-state index in [4.69, 9.17) is 4.74 Å². The van der Waals surface area contributed by atoms with E-state index >= 15 is 0 Å². The molecule has 1 heterocycles. The van der Waals surface area contributed by atoms with Crippen LogP contribution in [0.4, 0.5) is 10.1 Å². The lowest BCUT2D eigenvalue weighted by atomic mass is 10.1. The lowest BCUT2D eigenvalue weighted by molar-refractivity contribution is -0.153. The van der Waals surface area contributed by atoms with E-state index < -0.39 is 23.8 Å². The summed E-state index contributed by atoms with van der Waals surface area (Å²) in [5, 5.41) is 3.50. The van der Waals surface area contributed by atoms with Gasteiger partial charge in [0.25, 0.3) is 5.91 Å². The largest absolute Gasteiger partial charge is 0.451 e. The number of para-hydroxylation sites is 2. The first-order chi connectivity index (χ1) is 14.9. The van der Waals surface area contributed by atoms with Gasteiger partial charge in [-0.1, -0.05) is 30.3 Å². The second-order valence-corrected chi connectivity index (χ2v) is 7.08. The molecular weight excluding hydrogens is 399 g/mol. The Morgan fingerprint density at radius 3 is 2.19 bits per heavy atom. The lowest BCUT2D eigenvalue weighted by Gasteiger charge is -2.17. The molecule has 0 spiro atoms. The predicted octanol–water partition coefficient (Wildman–Crippen LogP) is 3.86.